The van der Waals surface area contributed by atoms with Crippen LogP contribution in [0.25, 0.3) is 33.3 Å². The summed E-state index contributed by atoms with van der Waals surface area (Å²) < 4.78 is 1.75. The minimum Gasteiger partial charge on any atom is -0.507 e. The number of hydrogen-bond donors (Lipinski definition) is 2. The Bertz CT molecular complexity index is 1190. The number of anilines is 1. The number of aromatic hydroxyl groups is 1. The predicted molar refractivity (Wildman–Crippen MR) is 109 cm³/mol. The molecule has 0 aliphatic carbocycles. The summed E-state index contributed by atoms with van der Waals surface area (Å²) in [6, 6.07) is 5.72. The summed E-state index contributed by atoms with van der Waals surface area (Å²) in [5, 5.41) is 19.4. The van der Waals surface area contributed by atoms with Gasteiger partial charge in [0, 0.05) is 55.9 Å². The van der Waals surface area contributed by atoms with E-state index in [0.29, 0.717) is 16.9 Å². The Labute approximate surface area is 161 Å². The molecule has 1 fully saturated rings. The van der Waals surface area contributed by atoms with Crippen molar-refractivity contribution in [3.63, 3.8) is 0 Å². The number of hydrogen-bond acceptors (Lipinski definition) is 7. The van der Waals surface area contributed by atoms with Crippen molar-refractivity contribution < 1.29 is 5.11 Å². The molecule has 8 nitrogen and oxygen atoms in total. The Morgan fingerprint density at radius 2 is 1.96 bits per heavy atom. The van der Waals surface area contributed by atoms with Gasteiger partial charge in [0.25, 0.3) is 0 Å². The number of nitrogens with zero attached hydrogens (tertiary/aromatic N) is 6. The fraction of sp³-hybridized carbons (Fsp3) is 0.300. The van der Waals surface area contributed by atoms with E-state index in [-0.39, 0.29) is 5.75 Å². The van der Waals surface area contributed by atoms with Gasteiger partial charge in [-0.05, 0) is 25.1 Å². The summed E-state index contributed by atoms with van der Waals surface area (Å²) in [7, 11) is 1.87. The highest BCUT2D eigenvalue weighted by Crippen LogP contribution is 2.36. The van der Waals surface area contributed by atoms with Crippen molar-refractivity contribution in [3.8, 4) is 17.0 Å². The number of phenolic OH excluding ortho intramolecular Hbond substituents is 1. The standard InChI is InChI=1S/C20H21N7O/c1-12-18-13(11-26(2)25-18)9-14(19(12)28)15-3-4-16-20(24-15)22-10-17(23-16)27-7-5-21-6-8-27/h3-4,9-11,21,28H,5-8H2,1-2H3. The number of phenols is 1. The Kier molecular flexibility index (Phi) is 3.87. The summed E-state index contributed by atoms with van der Waals surface area (Å²) in [6.45, 7) is 5.61. The maximum atomic E-state index is 10.7. The second-order valence-electron chi connectivity index (χ2n) is 7.14. The number of aromatic nitrogens is 5. The van der Waals surface area contributed by atoms with Gasteiger partial charge in [-0.25, -0.2) is 15.0 Å². The molecule has 1 aromatic carbocycles. The third-order valence-electron chi connectivity index (χ3n) is 5.23. The van der Waals surface area contributed by atoms with E-state index in [2.05, 4.69) is 25.3 Å². The Morgan fingerprint density at radius 3 is 2.79 bits per heavy atom. The van der Waals surface area contributed by atoms with Crippen molar-refractivity contribution in [1.29, 1.82) is 0 Å². The number of nitrogens with one attached hydrogen (secondary N) is 1. The molecule has 0 atom stereocenters. The molecule has 0 bridgehead atoms. The molecule has 1 aliphatic rings. The molecule has 4 aromatic rings. The van der Waals surface area contributed by atoms with Crippen LogP contribution in [0.2, 0.25) is 0 Å². The average molecular weight is 375 g/mol. The Hall–Kier alpha value is -3.26. The van der Waals surface area contributed by atoms with Crippen LogP contribution in [0.5, 0.6) is 5.75 Å². The smallest absolute Gasteiger partial charge is 0.178 e. The first-order valence-corrected chi connectivity index (χ1v) is 9.36. The molecule has 0 amide bonds. The summed E-state index contributed by atoms with van der Waals surface area (Å²) in [4.78, 5) is 16.1. The van der Waals surface area contributed by atoms with Gasteiger partial charge in [-0.3, -0.25) is 4.68 Å². The number of benzene rings is 1. The monoisotopic (exact) mass is 375 g/mol. The summed E-state index contributed by atoms with van der Waals surface area (Å²) >= 11 is 0. The van der Waals surface area contributed by atoms with E-state index in [1.165, 1.54) is 0 Å². The van der Waals surface area contributed by atoms with Crippen LogP contribution in [0.3, 0.4) is 0 Å². The number of piperazine rings is 1. The highest BCUT2D eigenvalue weighted by Gasteiger charge is 2.16. The van der Waals surface area contributed by atoms with Crippen molar-refractivity contribution in [1.82, 2.24) is 30.0 Å². The van der Waals surface area contributed by atoms with Crippen molar-refractivity contribution in [3.05, 3.63) is 36.2 Å². The van der Waals surface area contributed by atoms with Crippen LogP contribution in [0, 0.1) is 6.92 Å². The molecular weight excluding hydrogens is 354 g/mol. The van der Waals surface area contributed by atoms with E-state index < -0.39 is 0 Å². The van der Waals surface area contributed by atoms with Gasteiger partial charge in [-0.2, -0.15) is 5.10 Å². The Balaban J connectivity index is 1.58. The van der Waals surface area contributed by atoms with Gasteiger partial charge in [0.2, 0.25) is 0 Å². The van der Waals surface area contributed by atoms with Crippen LogP contribution in [-0.4, -0.2) is 56.0 Å². The van der Waals surface area contributed by atoms with Gasteiger partial charge in [0.1, 0.15) is 17.1 Å². The molecule has 0 saturated carbocycles. The second kappa shape index (κ2) is 6.42. The Morgan fingerprint density at radius 1 is 1.14 bits per heavy atom. The largest absolute Gasteiger partial charge is 0.507 e. The lowest BCUT2D eigenvalue weighted by Crippen LogP contribution is -2.43. The van der Waals surface area contributed by atoms with E-state index in [1.807, 2.05) is 38.4 Å². The zero-order chi connectivity index (χ0) is 19.3. The maximum absolute atomic E-state index is 10.7. The summed E-state index contributed by atoms with van der Waals surface area (Å²) in [6.07, 6.45) is 3.71. The highest BCUT2D eigenvalue weighted by molar-refractivity contribution is 5.91. The summed E-state index contributed by atoms with van der Waals surface area (Å²) in [5.74, 6) is 1.07. The SMILES string of the molecule is Cc1c(O)c(-c2ccc3nc(N4CCNCC4)cnc3n2)cc2cn(C)nc12. The number of pyridine rings is 1. The third-order valence-corrected chi connectivity index (χ3v) is 5.23. The number of rotatable bonds is 2. The third kappa shape index (κ3) is 2.73. The molecule has 3 aromatic heterocycles. The van der Waals surface area contributed by atoms with Gasteiger partial charge in [0.05, 0.1) is 17.4 Å². The van der Waals surface area contributed by atoms with Crippen LogP contribution < -0.4 is 10.2 Å². The first kappa shape index (κ1) is 16.9. The van der Waals surface area contributed by atoms with Crippen LogP contribution in [0.1, 0.15) is 5.56 Å². The maximum Gasteiger partial charge on any atom is 0.178 e. The van der Waals surface area contributed by atoms with Gasteiger partial charge in [0.15, 0.2) is 5.65 Å². The average Bonchev–Trinajstić information content (AvgIpc) is 3.11. The number of fused-ring (bicyclic) bond motifs is 2. The van der Waals surface area contributed by atoms with Crippen molar-refractivity contribution >= 4 is 27.9 Å². The normalized spacial score (nSPS) is 14.9. The molecule has 0 unspecified atom stereocenters. The topological polar surface area (TPSA) is 92.0 Å². The fourth-order valence-corrected chi connectivity index (χ4v) is 3.73. The minimum atomic E-state index is 0.198. The molecule has 5 rings (SSSR count). The van der Waals surface area contributed by atoms with Crippen molar-refractivity contribution in [2.45, 2.75) is 6.92 Å². The van der Waals surface area contributed by atoms with E-state index >= 15 is 0 Å². The molecule has 2 N–H and O–H groups in total. The first-order valence-electron chi connectivity index (χ1n) is 9.36. The van der Waals surface area contributed by atoms with Crippen LogP contribution in [0.4, 0.5) is 5.82 Å². The molecule has 142 valence electrons. The van der Waals surface area contributed by atoms with Gasteiger partial charge < -0.3 is 15.3 Å². The van der Waals surface area contributed by atoms with Crippen molar-refractivity contribution in [2.24, 2.45) is 7.05 Å². The van der Waals surface area contributed by atoms with Crippen molar-refractivity contribution in [2.75, 3.05) is 31.1 Å². The molecule has 1 aliphatic heterocycles. The molecule has 0 radical (unpaired) electrons. The fourth-order valence-electron chi connectivity index (χ4n) is 3.73. The van der Waals surface area contributed by atoms with E-state index in [9.17, 15) is 5.11 Å². The highest BCUT2D eigenvalue weighted by atomic mass is 16.3. The molecule has 1 saturated heterocycles. The van der Waals surface area contributed by atoms with E-state index in [1.54, 1.807) is 10.9 Å². The molecule has 0 spiro atoms. The second-order valence-corrected chi connectivity index (χ2v) is 7.14. The van der Waals surface area contributed by atoms with Gasteiger partial charge in [-0.1, -0.05) is 0 Å². The zero-order valence-electron chi connectivity index (χ0n) is 15.8. The quantitative estimate of drug-likeness (QED) is 0.554. The summed E-state index contributed by atoms with van der Waals surface area (Å²) in [5.41, 5.74) is 4.20. The van der Waals surface area contributed by atoms with E-state index in [0.717, 1.165) is 54.0 Å². The first-order chi connectivity index (χ1) is 13.6. The van der Waals surface area contributed by atoms with Crippen LogP contribution in [-0.2, 0) is 7.05 Å². The molecule has 8 heteroatoms. The van der Waals surface area contributed by atoms with Crippen LogP contribution >= 0.6 is 0 Å². The molecular formula is C20H21N7O. The lowest BCUT2D eigenvalue weighted by Gasteiger charge is -2.28. The lowest BCUT2D eigenvalue weighted by atomic mass is 10.0. The van der Waals surface area contributed by atoms with Gasteiger partial charge in [-0.15, -0.1) is 0 Å². The predicted octanol–water partition coefficient (Wildman–Crippen LogP) is 2.00. The lowest BCUT2D eigenvalue weighted by molar-refractivity contribution is 0.474. The number of aryl methyl sites for hydroxylation is 2. The zero-order valence-corrected chi connectivity index (χ0v) is 15.8. The molecule has 28 heavy (non-hydrogen) atoms. The van der Waals surface area contributed by atoms with E-state index in [4.69, 9.17) is 4.98 Å². The minimum absolute atomic E-state index is 0.198. The molecule has 4 heterocycles. The van der Waals surface area contributed by atoms with Crippen LogP contribution in [0.15, 0.2) is 30.6 Å². The van der Waals surface area contributed by atoms with Gasteiger partial charge >= 0.3 is 0 Å².